The minimum Gasteiger partial charge on any atom is -0.278 e. The Morgan fingerprint density at radius 3 is 1.58 bits per heavy atom. The van der Waals surface area contributed by atoms with E-state index in [0.717, 1.165) is 44.6 Å². The van der Waals surface area contributed by atoms with Gasteiger partial charge in [0.2, 0.25) is 5.95 Å². The highest BCUT2D eigenvalue weighted by Crippen LogP contribution is 2.42. The van der Waals surface area contributed by atoms with E-state index < -0.39 is 0 Å². The Labute approximate surface area is 299 Å². The summed E-state index contributed by atoms with van der Waals surface area (Å²) in [5, 5.41) is 5.79. The van der Waals surface area contributed by atoms with Crippen molar-refractivity contribution in [3.63, 3.8) is 0 Å². The molecule has 0 saturated heterocycles. The van der Waals surface area contributed by atoms with Crippen LogP contribution in [0.25, 0.3) is 99.5 Å². The van der Waals surface area contributed by atoms with E-state index in [2.05, 4.69) is 185 Å². The second-order valence-corrected chi connectivity index (χ2v) is 13.4. The number of fused-ring (bicyclic) bond motifs is 10. The number of hydrogen-bond donors (Lipinski definition) is 0. The maximum atomic E-state index is 5.40. The molecule has 11 aromatic rings. The standard InChI is InChI=1S/C48H30N4/c1-2-12-31(13-3-1)32-22-24-33(25-23-32)34-26-28-35(29-27-34)40-30-41-37-15-7-10-20-44(37)51(46(41)38-16-5-4-14-36(38)40)48-50-42-18-8-6-17-39(42)47-49-43-19-9-11-21-45(43)52(47)48/h1-30H. The smallest absolute Gasteiger partial charge is 0.221 e. The normalized spacial score (nSPS) is 11.8. The maximum Gasteiger partial charge on any atom is 0.221 e. The number of imidazole rings is 1. The molecule has 0 aliphatic heterocycles. The lowest BCUT2D eigenvalue weighted by atomic mass is 9.93. The van der Waals surface area contributed by atoms with Crippen LogP contribution >= 0.6 is 0 Å². The van der Waals surface area contributed by atoms with Gasteiger partial charge in [0, 0.05) is 21.5 Å². The molecule has 0 spiro atoms. The highest BCUT2D eigenvalue weighted by molar-refractivity contribution is 6.22. The van der Waals surface area contributed by atoms with E-state index in [4.69, 9.17) is 9.97 Å². The molecular formula is C48H30N4. The van der Waals surface area contributed by atoms with E-state index in [1.807, 2.05) is 6.07 Å². The van der Waals surface area contributed by atoms with Crippen LogP contribution in [-0.2, 0) is 0 Å². The summed E-state index contributed by atoms with van der Waals surface area (Å²) < 4.78 is 4.59. The van der Waals surface area contributed by atoms with Crippen molar-refractivity contribution < 1.29 is 0 Å². The van der Waals surface area contributed by atoms with Gasteiger partial charge in [-0.05, 0) is 75.2 Å². The molecule has 0 bridgehead atoms. The lowest BCUT2D eigenvalue weighted by Crippen LogP contribution is -2.06. The highest BCUT2D eigenvalue weighted by Gasteiger charge is 2.22. The van der Waals surface area contributed by atoms with E-state index in [1.165, 1.54) is 54.9 Å². The van der Waals surface area contributed by atoms with Gasteiger partial charge in [-0.2, -0.15) is 0 Å². The average Bonchev–Trinajstić information content (AvgIpc) is 3.78. The summed E-state index contributed by atoms with van der Waals surface area (Å²) in [6, 6.07) is 64.9. The predicted molar refractivity (Wildman–Crippen MR) is 216 cm³/mol. The van der Waals surface area contributed by atoms with Gasteiger partial charge in [0.15, 0.2) is 0 Å². The number of benzene rings is 8. The minimum absolute atomic E-state index is 0.828. The summed E-state index contributed by atoms with van der Waals surface area (Å²) in [4.78, 5) is 10.5. The lowest BCUT2D eigenvalue weighted by molar-refractivity contribution is 0.982. The lowest BCUT2D eigenvalue weighted by Gasteiger charge is -2.15. The molecule has 0 saturated carbocycles. The van der Waals surface area contributed by atoms with Crippen LogP contribution in [-0.4, -0.2) is 18.9 Å². The van der Waals surface area contributed by atoms with Crippen LogP contribution in [0.5, 0.6) is 0 Å². The van der Waals surface area contributed by atoms with Crippen molar-refractivity contribution in [3.05, 3.63) is 182 Å². The summed E-state index contributed by atoms with van der Waals surface area (Å²) in [7, 11) is 0. The van der Waals surface area contributed by atoms with Crippen LogP contribution in [0.1, 0.15) is 0 Å². The summed E-state index contributed by atoms with van der Waals surface area (Å²) in [6.45, 7) is 0. The molecule has 0 amide bonds. The molecule has 52 heavy (non-hydrogen) atoms. The first kappa shape index (κ1) is 28.8. The van der Waals surface area contributed by atoms with Gasteiger partial charge in [-0.3, -0.25) is 8.97 Å². The zero-order valence-corrected chi connectivity index (χ0v) is 28.1. The summed E-state index contributed by atoms with van der Waals surface area (Å²) in [5.74, 6) is 0.828. The van der Waals surface area contributed by atoms with E-state index in [9.17, 15) is 0 Å². The van der Waals surface area contributed by atoms with Crippen molar-refractivity contribution in [1.82, 2.24) is 18.9 Å². The SMILES string of the molecule is c1ccc(-c2ccc(-c3ccc(-c4cc5c6ccccc6n(-c6nc7ccccc7c7nc8ccccc8n67)c5c5ccccc45)cc3)cc2)cc1. The number of para-hydroxylation sites is 4. The first-order chi connectivity index (χ1) is 25.8. The molecule has 8 aromatic carbocycles. The summed E-state index contributed by atoms with van der Waals surface area (Å²) >= 11 is 0. The van der Waals surface area contributed by atoms with Crippen molar-refractivity contribution in [1.29, 1.82) is 0 Å². The van der Waals surface area contributed by atoms with Crippen molar-refractivity contribution >= 4 is 60.2 Å². The Bertz CT molecular complexity index is 3150. The molecule has 242 valence electrons. The zero-order chi connectivity index (χ0) is 34.2. The highest BCUT2D eigenvalue weighted by atomic mass is 15.2. The third kappa shape index (κ3) is 4.28. The quantitative estimate of drug-likeness (QED) is 0.188. The molecule has 11 rings (SSSR count). The second-order valence-electron chi connectivity index (χ2n) is 13.4. The van der Waals surface area contributed by atoms with E-state index >= 15 is 0 Å². The van der Waals surface area contributed by atoms with Crippen LogP contribution < -0.4 is 0 Å². The number of hydrogen-bond acceptors (Lipinski definition) is 2. The molecule has 0 N–H and O–H groups in total. The third-order valence-corrected chi connectivity index (χ3v) is 10.5. The molecule has 0 aliphatic rings. The van der Waals surface area contributed by atoms with Crippen LogP contribution in [0.4, 0.5) is 0 Å². The van der Waals surface area contributed by atoms with Gasteiger partial charge in [-0.1, -0.05) is 146 Å². The monoisotopic (exact) mass is 662 g/mol. The molecule has 0 aliphatic carbocycles. The number of aromatic nitrogens is 4. The van der Waals surface area contributed by atoms with Gasteiger partial charge in [-0.25, -0.2) is 9.97 Å². The van der Waals surface area contributed by atoms with Crippen LogP contribution in [0.3, 0.4) is 0 Å². The molecule has 0 atom stereocenters. The van der Waals surface area contributed by atoms with Gasteiger partial charge < -0.3 is 0 Å². The van der Waals surface area contributed by atoms with E-state index in [-0.39, 0.29) is 0 Å². The van der Waals surface area contributed by atoms with Gasteiger partial charge >= 0.3 is 0 Å². The Hall–Kier alpha value is -7.04. The third-order valence-electron chi connectivity index (χ3n) is 10.5. The van der Waals surface area contributed by atoms with Gasteiger partial charge in [-0.15, -0.1) is 0 Å². The molecule has 0 fully saturated rings. The Morgan fingerprint density at radius 1 is 0.346 bits per heavy atom. The Balaban J connectivity index is 1.14. The second kappa shape index (κ2) is 11.2. The Kier molecular flexibility index (Phi) is 6.22. The molecule has 4 heteroatoms. The molecule has 3 heterocycles. The van der Waals surface area contributed by atoms with E-state index in [1.54, 1.807) is 0 Å². The van der Waals surface area contributed by atoms with Crippen molar-refractivity contribution in [2.24, 2.45) is 0 Å². The first-order valence-electron chi connectivity index (χ1n) is 17.7. The van der Waals surface area contributed by atoms with Crippen molar-refractivity contribution in [2.45, 2.75) is 0 Å². The van der Waals surface area contributed by atoms with Gasteiger partial charge in [0.1, 0.15) is 5.65 Å². The molecule has 0 unspecified atom stereocenters. The minimum atomic E-state index is 0.828. The van der Waals surface area contributed by atoms with E-state index in [0.29, 0.717) is 0 Å². The predicted octanol–water partition coefficient (Wildman–Crippen LogP) is 12.3. The van der Waals surface area contributed by atoms with Gasteiger partial charge in [0.25, 0.3) is 0 Å². The van der Waals surface area contributed by atoms with Crippen LogP contribution in [0.2, 0.25) is 0 Å². The fourth-order valence-electron chi connectivity index (χ4n) is 8.07. The fraction of sp³-hybridized carbons (Fsp3) is 0. The first-order valence-corrected chi connectivity index (χ1v) is 17.7. The topological polar surface area (TPSA) is 35.1 Å². The van der Waals surface area contributed by atoms with Gasteiger partial charge in [0.05, 0.1) is 27.6 Å². The molecular weight excluding hydrogens is 633 g/mol. The maximum absolute atomic E-state index is 5.40. The number of rotatable bonds is 4. The van der Waals surface area contributed by atoms with Crippen LogP contribution in [0.15, 0.2) is 182 Å². The van der Waals surface area contributed by atoms with Crippen molar-refractivity contribution in [3.8, 4) is 39.3 Å². The summed E-state index contributed by atoms with van der Waals surface area (Å²) in [6.07, 6.45) is 0. The number of nitrogens with zero attached hydrogens (tertiary/aromatic N) is 4. The largest absolute Gasteiger partial charge is 0.278 e. The fourth-order valence-corrected chi connectivity index (χ4v) is 8.07. The van der Waals surface area contributed by atoms with Crippen LogP contribution in [0, 0.1) is 0 Å². The van der Waals surface area contributed by atoms with Crippen molar-refractivity contribution in [2.75, 3.05) is 0 Å². The Morgan fingerprint density at radius 2 is 0.865 bits per heavy atom. The summed E-state index contributed by atoms with van der Waals surface area (Å²) in [5.41, 5.74) is 13.3. The average molecular weight is 663 g/mol. The molecule has 3 aromatic heterocycles. The molecule has 0 radical (unpaired) electrons. The molecule has 4 nitrogen and oxygen atoms in total. The zero-order valence-electron chi connectivity index (χ0n) is 28.1.